The van der Waals surface area contributed by atoms with E-state index in [-0.39, 0.29) is 18.0 Å². The van der Waals surface area contributed by atoms with E-state index in [0.717, 1.165) is 21.6 Å². The summed E-state index contributed by atoms with van der Waals surface area (Å²) in [6, 6.07) is 20.8. The number of ether oxygens (including phenoxy) is 1. The molecule has 1 amide bonds. The third kappa shape index (κ3) is 5.04. The van der Waals surface area contributed by atoms with Gasteiger partial charge in [0.1, 0.15) is 18.9 Å². The molecular weight excluding hydrogens is 342 g/mol. The molecule has 1 heterocycles. The van der Waals surface area contributed by atoms with E-state index in [1.807, 2.05) is 54.6 Å². The molecule has 0 unspecified atom stereocenters. The molecule has 0 fully saturated rings. The molecule has 138 valence electrons. The molecule has 0 atom stereocenters. The van der Waals surface area contributed by atoms with Gasteiger partial charge in [-0.05, 0) is 24.6 Å². The van der Waals surface area contributed by atoms with Crippen molar-refractivity contribution < 1.29 is 9.53 Å². The normalized spacial score (nSPS) is 10.4. The van der Waals surface area contributed by atoms with Gasteiger partial charge in [0.15, 0.2) is 0 Å². The number of hydrogen-bond acceptors (Lipinski definition) is 4. The number of nitrogens with zero attached hydrogens (tertiary/aromatic N) is 2. The van der Waals surface area contributed by atoms with Gasteiger partial charge in [-0.2, -0.15) is 5.10 Å². The van der Waals surface area contributed by atoms with Crippen molar-refractivity contribution in [1.29, 1.82) is 0 Å². The fraction of sp³-hybridized carbons (Fsp3) is 0.190. The van der Waals surface area contributed by atoms with Crippen molar-refractivity contribution >= 4 is 5.91 Å². The summed E-state index contributed by atoms with van der Waals surface area (Å²) in [5.74, 6) is 0.477. The molecule has 3 rings (SSSR count). The Kier molecular flexibility index (Phi) is 5.99. The number of amides is 1. The van der Waals surface area contributed by atoms with E-state index in [4.69, 9.17) is 4.74 Å². The standard InChI is InChI=1S/C21H21N3O3/c1-16-11-12-21(26)24(23-16)15-20(25)22-13-14-27-19-10-6-5-9-18(19)17-7-3-2-4-8-17/h2-12H,13-15H2,1H3,(H,22,25). The molecule has 6 heteroatoms. The average molecular weight is 363 g/mol. The Morgan fingerprint density at radius 2 is 1.78 bits per heavy atom. The molecule has 0 spiro atoms. The van der Waals surface area contributed by atoms with Crippen molar-refractivity contribution in [2.24, 2.45) is 0 Å². The Balaban J connectivity index is 1.53. The SMILES string of the molecule is Cc1ccc(=O)n(CC(=O)NCCOc2ccccc2-c2ccccc2)n1. The van der Waals surface area contributed by atoms with E-state index in [1.165, 1.54) is 6.07 Å². The van der Waals surface area contributed by atoms with E-state index < -0.39 is 0 Å². The summed E-state index contributed by atoms with van der Waals surface area (Å²) in [7, 11) is 0. The van der Waals surface area contributed by atoms with Crippen LogP contribution in [-0.2, 0) is 11.3 Å². The number of hydrogen-bond donors (Lipinski definition) is 1. The predicted molar refractivity (Wildman–Crippen MR) is 104 cm³/mol. The topological polar surface area (TPSA) is 73.2 Å². The minimum absolute atomic E-state index is 0.110. The molecule has 0 aliphatic rings. The molecule has 0 aliphatic carbocycles. The summed E-state index contributed by atoms with van der Waals surface area (Å²) < 4.78 is 6.99. The highest BCUT2D eigenvalue weighted by Crippen LogP contribution is 2.29. The van der Waals surface area contributed by atoms with Crippen LogP contribution in [0.5, 0.6) is 5.75 Å². The van der Waals surface area contributed by atoms with E-state index >= 15 is 0 Å². The van der Waals surface area contributed by atoms with Gasteiger partial charge < -0.3 is 10.1 Å². The lowest BCUT2D eigenvalue weighted by Crippen LogP contribution is -2.35. The van der Waals surface area contributed by atoms with E-state index in [2.05, 4.69) is 10.4 Å². The van der Waals surface area contributed by atoms with Crippen molar-refractivity contribution in [2.75, 3.05) is 13.2 Å². The van der Waals surface area contributed by atoms with Crippen molar-refractivity contribution in [1.82, 2.24) is 15.1 Å². The Labute approximate surface area is 157 Å². The van der Waals surface area contributed by atoms with Crippen molar-refractivity contribution in [2.45, 2.75) is 13.5 Å². The van der Waals surface area contributed by atoms with Gasteiger partial charge in [-0.15, -0.1) is 0 Å². The number of benzene rings is 2. The molecule has 0 bridgehead atoms. The van der Waals surface area contributed by atoms with Gasteiger partial charge in [0.25, 0.3) is 5.56 Å². The highest BCUT2D eigenvalue weighted by Gasteiger charge is 2.07. The number of aryl methyl sites for hydroxylation is 1. The predicted octanol–water partition coefficient (Wildman–Crippen LogP) is 2.41. The Bertz CT molecular complexity index is 968. The number of para-hydroxylation sites is 1. The van der Waals surface area contributed by atoms with Gasteiger partial charge in [-0.1, -0.05) is 48.5 Å². The minimum atomic E-state index is -0.302. The molecule has 6 nitrogen and oxygen atoms in total. The second kappa shape index (κ2) is 8.80. The summed E-state index contributed by atoms with van der Waals surface area (Å²) in [5, 5.41) is 6.79. The molecule has 1 N–H and O–H groups in total. The first-order chi connectivity index (χ1) is 13.1. The summed E-state index contributed by atoms with van der Waals surface area (Å²) in [5.41, 5.74) is 2.45. The van der Waals surface area contributed by atoms with E-state index in [0.29, 0.717) is 18.8 Å². The zero-order valence-corrected chi connectivity index (χ0v) is 15.1. The summed E-state index contributed by atoms with van der Waals surface area (Å²) in [4.78, 5) is 23.7. The van der Waals surface area contributed by atoms with Crippen LogP contribution >= 0.6 is 0 Å². The van der Waals surface area contributed by atoms with Crippen LogP contribution in [0.1, 0.15) is 5.69 Å². The van der Waals surface area contributed by atoms with Crippen LogP contribution in [0.4, 0.5) is 0 Å². The second-order valence-corrected chi connectivity index (χ2v) is 6.03. The summed E-state index contributed by atoms with van der Waals surface area (Å²) >= 11 is 0. The molecule has 27 heavy (non-hydrogen) atoms. The lowest BCUT2D eigenvalue weighted by atomic mass is 10.1. The lowest BCUT2D eigenvalue weighted by molar-refractivity contribution is -0.122. The number of carbonyl (C=O) groups is 1. The van der Waals surface area contributed by atoms with Gasteiger partial charge in [0.2, 0.25) is 5.91 Å². The lowest BCUT2D eigenvalue weighted by Gasteiger charge is -2.12. The fourth-order valence-corrected chi connectivity index (χ4v) is 2.66. The average Bonchev–Trinajstić information content (AvgIpc) is 2.69. The van der Waals surface area contributed by atoms with Crippen LogP contribution in [0.25, 0.3) is 11.1 Å². The molecule has 1 aromatic heterocycles. The number of aromatic nitrogens is 2. The third-order valence-corrected chi connectivity index (χ3v) is 3.95. The largest absolute Gasteiger partial charge is 0.491 e. The van der Waals surface area contributed by atoms with Crippen LogP contribution in [0.3, 0.4) is 0 Å². The maximum Gasteiger partial charge on any atom is 0.267 e. The van der Waals surface area contributed by atoms with Crippen LogP contribution in [0.2, 0.25) is 0 Å². The number of carbonyl (C=O) groups excluding carboxylic acids is 1. The van der Waals surface area contributed by atoms with Crippen molar-refractivity contribution in [3.8, 4) is 16.9 Å². The molecule has 0 saturated heterocycles. The highest BCUT2D eigenvalue weighted by molar-refractivity contribution is 5.75. The maximum atomic E-state index is 12.0. The fourth-order valence-electron chi connectivity index (χ4n) is 2.66. The number of rotatable bonds is 7. The van der Waals surface area contributed by atoms with Gasteiger partial charge in [0, 0.05) is 11.6 Å². The van der Waals surface area contributed by atoms with Crippen LogP contribution in [0.15, 0.2) is 71.5 Å². The van der Waals surface area contributed by atoms with Crippen molar-refractivity contribution in [3.05, 3.63) is 82.8 Å². The minimum Gasteiger partial charge on any atom is -0.491 e. The first-order valence-corrected chi connectivity index (χ1v) is 8.72. The van der Waals surface area contributed by atoms with Crippen LogP contribution in [0, 0.1) is 6.92 Å². The van der Waals surface area contributed by atoms with Crippen molar-refractivity contribution in [3.63, 3.8) is 0 Å². The zero-order chi connectivity index (χ0) is 19.1. The summed E-state index contributed by atoms with van der Waals surface area (Å²) in [6.07, 6.45) is 0. The smallest absolute Gasteiger partial charge is 0.267 e. The zero-order valence-electron chi connectivity index (χ0n) is 15.1. The van der Waals surface area contributed by atoms with E-state index in [1.54, 1.807) is 13.0 Å². The van der Waals surface area contributed by atoms with Crippen LogP contribution < -0.4 is 15.6 Å². The van der Waals surface area contributed by atoms with Gasteiger partial charge >= 0.3 is 0 Å². The van der Waals surface area contributed by atoms with Gasteiger partial charge in [-0.25, -0.2) is 4.68 Å². The van der Waals surface area contributed by atoms with E-state index in [9.17, 15) is 9.59 Å². The third-order valence-electron chi connectivity index (χ3n) is 3.95. The maximum absolute atomic E-state index is 12.0. The highest BCUT2D eigenvalue weighted by atomic mass is 16.5. The Hall–Kier alpha value is -3.41. The first-order valence-electron chi connectivity index (χ1n) is 8.72. The quantitative estimate of drug-likeness (QED) is 0.654. The molecule has 0 aliphatic heterocycles. The molecular formula is C21H21N3O3. The molecule has 3 aromatic rings. The number of nitrogens with one attached hydrogen (secondary N) is 1. The van der Waals surface area contributed by atoms with Crippen LogP contribution in [-0.4, -0.2) is 28.8 Å². The monoisotopic (exact) mass is 363 g/mol. The first kappa shape index (κ1) is 18.4. The Morgan fingerprint density at radius 1 is 1.04 bits per heavy atom. The molecule has 0 saturated carbocycles. The van der Waals surface area contributed by atoms with Gasteiger partial charge in [0.05, 0.1) is 12.2 Å². The molecule has 0 radical (unpaired) electrons. The summed E-state index contributed by atoms with van der Waals surface area (Å²) in [6.45, 7) is 2.32. The van der Waals surface area contributed by atoms with Gasteiger partial charge in [-0.3, -0.25) is 9.59 Å². The molecule has 2 aromatic carbocycles. The Morgan fingerprint density at radius 3 is 2.59 bits per heavy atom. The second-order valence-electron chi connectivity index (χ2n) is 6.03.